The monoisotopic (exact) mass is 453 g/mol. The summed E-state index contributed by atoms with van der Waals surface area (Å²) in [5.74, 6) is -1.01. The van der Waals surface area contributed by atoms with E-state index in [0.29, 0.717) is 32.5 Å². The summed E-state index contributed by atoms with van der Waals surface area (Å²) in [6.45, 7) is 3.98. The topological polar surface area (TPSA) is 98.6 Å². The van der Waals surface area contributed by atoms with E-state index in [1.54, 1.807) is 0 Å². The predicted molar refractivity (Wildman–Crippen MR) is 125 cm³/mol. The molecule has 0 bridgehead atoms. The van der Waals surface area contributed by atoms with E-state index in [0.717, 1.165) is 42.3 Å². The number of rotatable bonds is 5. The summed E-state index contributed by atoms with van der Waals surface area (Å²) in [6.07, 6.45) is 6.08. The quantitative estimate of drug-likeness (QED) is 0.404. The summed E-state index contributed by atoms with van der Waals surface area (Å²) in [7, 11) is 1.38. The number of carbonyl (C=O) groups is 1. The number of aromatic nitrogens is 1. The van der Waals surface area contributed by atoms with Gasteiger partial charge in [-0.15, -0.1) is 0 Å². The Balaban J connectivity index is 1.79. The van der Waals surface area contributed by atoms with Crippen LogP contribution < -0.4 is 0 Å². The number of aliphatic hydroxyl groups excluding tert-OH is 1. The Morgan fingerprint density at radius 1 is 1.33 bits per heavy atom. The maximum Gasteiger partial charge on any atom is 0.311 e. The number of carbonyl (C=O) groups excluding carboxylic acids is 1. The minimum Gasteiger partial charge on any atom is -0.469 e. The summed E-state index contributed by atoms with van der Waals surface area (Å²) in [5.41, 5.74) is 3.27. The largest absolute Gasteiger partial charge is 0.469 e. The smallest absolute Gasteiger partial charge is 0.311 e. The number of methoxy groups -OCH3 is 1. The Morgan fingerprint density at radius 3 is 2.91 bits per heavy atom. The van der Waals surface area contributed by atoms with Crippen LogP contribution in [-0.4, -0.2) is 53.9 Å². The van der Waals surface area contributed by atoms with Crippen molar-refractivity contribution in [1.29, 1.82) is 5.26 Å². The number of nitrogens with one attached hydrogen (secondary N) is 1. The van der Waals surface area contributed by atoms with Crippen LogP contribution in [0.4, 0.5) is 0 Å². The van der Waals surface area contributed by atoms with Crippen molar-refractivity contribution in [3.05, 3.63) is 35.5 Å². The Morgan fingerprint density at radius 2 is 2.15 bits per heavy atom. The number of hydrogen-bond donors (Lipinski definition) is 2. The third-order valence-electron chi connectivity index (χ3n) is 7.49. The highest BCUT2D eigenvalue weighted by atomic mass is 16.5. The number of aliphatic hydroxyl groups is 1. The molecule has 1 fully saturated rings. The molecule has 1 aromatic carbocycles. The molecule has 5 atom stereocenters. The van der Waals surface area contributed by atoms with Gasteiger partial charge in [-0.05, 0) is 55.6 Å². The first-order valence-electron chi connectivity index (χ1n) is 12.2. The standard InChI is InChI=1S/C26H35N3O4/c1-3-4-13-33-23-14-20-17(9-10-22(30)24(20)26(31)32-2)15-29(16-27)12-11-19-18-7-5-6-8-21(18)28-25(19)23/h5-8,17,20,22-24,28,30H,3-4,9-15H2,1-2H3/t17-,20?,22-,23-,24+/m0/s1. The van der Waals surface area contributed by atoms with Crippen molar-refractivity contribution in [2.75, 3.05) is 26.8 Å². The molecule has 0 spiro atoms. The number of H-pyrrole nitrogens is 1. The van der Waals surface area contributed by atoms with Crippen LogP contribution in [0.3, 0.4) is 0 Å². The van der Waals surface area contributed by atoms with Crippen LogP contribution in [0.1, 0.15) is 56.4 Å². The second-order valence-electron chi connectivity index (χ2n) is 9.43. The number of nitriles is 1. The molecule has 7 nitrogen and oxygen atoms in total. The van der Waals surface area contributed by atoms with Gasteiger partial charge in [-0.2, -0.15) is 5.26 Å². The first-order valence-corrected chi connectivity index (χ1v) is 12.2. The van der Waals surface area contributed by atoms with Crippen LogP contribution >= 0.6 is 0 Å². The number of benzene rings is 1. The second-order valence-corrected chi connectivity index (χ2v) is 9.43. The van der Waals surface area contributed by atoms with E-state index in [-0.39, 0.29) is 23.9 Å². The lowest BCUT2D eigenvalue weighted by Crippen LogP contribution is -2.47. The highest BCUT2D eigenvalue weighted by molar-refractivity contribution is 5.84. The van der Waals surface area contributed by atoms with Crippen LogP contribution in [0.15, 0.2) is 24.3 Å². The zero-order chi connectivity index (χ0) is 23.4. The molecule has 1 aliphatic heterocycles. The molecule has 2 heterocycles. The summed E-state index contributed by atoms with van der Waals surface area (Å²) in [5, 5.41) is 21.8. The molecule has 1 aromatic heterocycles. The first kappa shape index (κ1) is 23.6. The SMILES string of the molecule is CCCCO[C@H]1CC2[C@@H](CC[C@H](O)[C@@H]2C(=O)OC)CN(C#N)CCc2c1[nH]c1ccccc21. The van der Waals surface area contributed by atoms with Gasteiger partial charge in [-0.25, -0.2) is 0 Å². The van der Waals surface area contributed by atoms with Crippen LogP contribution in [0.25, 0.3) is 10.9 Å². The maximum absolute atomic E-state index is 12.8. The number of ether oxygens (including phenoxy) is 2. The fourth-order valence-electron chi connectivity index (χ4n) is 5.75. The minimum absolute atomic E-state index is 0.111. The maximum atomic E-state index is 12.8. The molecule has 33 heavy (non-hydrogen) atoms. The molecule has 0 amide bonds. The van der Waals surface area contributed by atoms with Crippen LogP contribution in [0, 0.1) is 29.2 Å². The van der Waals surface area contributed by atoms with Crippen LogP contribution in [-0.2, 0) is 20.7 Å². The van der Waals surface area contributed by atoms with Crippen molar-refractivity contribution in [1.82, 2.24) is 9.88 Å². The molecular weight excluding hydrogens is 418 g/mol. The second kappa shape index (κ2) is 10.6. The Kier molecular flexibility index (Phi) is 7.56. The van der Waals surface area contributed by atoms with Gasteiger partial charge in [0, 0.05) is 36.3 Å². The molecular formula is C26H35N3O4. The fourth-order valence-corrected chi connectivity index (χ4v) is 5.75. The zero-order valence-corrected chi connectivity index (χ0v) is 19.6. The van der Waals surface area contributed by atoms with Gasteiger partial charge in [0.25, 0.3) is 0 Å². The first-order chi connectivity index (χ1) is 16.1. The van der Waals surface area contributed by atoms with Crippen molar-refractivity contribution >= 4 is 16.9 Å². The van der Waals surface area contributed by atoms with Gasteiger partial charge in [-0.1, -0.05) is 31.5 Å². The van der Waals surface area contributed by atoms with E-state index in [2.05, 4.69) is 30.2 Å². The number of fused-ring (bicyclic) bond motifs is 4. The van der Waals surface area contributed by atoms with Crippen molar-refractivity contribution in [3.8, 4) is 6.19 Å². The zero-order valence-electron chi connectivity index (χ0n) is 19.6. The molecule has 0 saturated heterocycles. The van der Waals surface area contributed by atoms with E-state index in [1.165, 1.54) is 12.7 Å². The Bertz CT molecular complexity index is 997. The predicted octanol–water partition coefficient (Wildman–Crippen LogP) is 3.93. The summed E-state index contributed by atoms with van der Waals surface area (Å²) in [4.78, 5) is 18.2. The average Bonchev–Trinajstić information content (AvgIpc) is 3.20. The van der Waals surface area contributed by atoms with Crippen LogP contribution in [0.5, 0.6) is 0 Å². The number of aromatic amines is 1. The molecule has 2 N–H and O–H groups in total. The van der Waals surface area contributed by atoms with Crippen molar-refractivity contribution in [2.45, 2.75) is 57.7 Å². The summed E-state index contributed by atoms with van der Waals surface area (Å²) < 4.78 is 11.6. The van der Waals surface area contributed by atoms with Gasteiger partial charge in [0.2, 0.25) is 0 Å². The molecule has 4 rings (SSSR count). The van der Waals surface area contributed by atoms with Gasteiger partial charge in [0.05, 0.1) is 25.2 Å². The highest BCUT2D eigenvalue weighted by Gasteiger charge is 2.45. The lowest BCUT2D eigenvalue weighted by molar-refractivity contribution is -0.158. The van der Waals surface area contributed by atoms with Crippen molar-refractivity contribution in [2.24, 2.45) is 17.8 Å². The lowest BCUT2D eigenvalue weighted by atomic mass is 9.67. The van der Waals surface area contributed by atoms with Crippen molar-refractivity contribution in [3.63, 3.8) is 0 Å². The molecule has 178 valence electrons. The van der Waals surface area contributed by atoms with E-state index in [4.69, 9.17) is 9.47 Å². The van der Waals surface area contributed by atoms with Gasteiger partial charge < -0.3 is 24.5 Å². The molecule has 2 aliphatic rings. The normalized spacial score (nSPS) is 27.9. The number of para-hydroxylation sites is 1. The van der Waals surface area contributed by atoms with Crippen molar-refractivity contribution < 1.29 is 19.4 Å². The number of esters is 1. The Hall–Kier alpha value is -2.56. The molecule has 7 heteroatoms. The highest BCUT2D eigenvalue weighted by Crippen LogP contribution is 2.44. The van der Waals surface area contributed by atoms with Gasteiger partial charge >= 0.3 is 5.97 Å². The lowest BCUT2D eigenvalue weighted by Gasteiger charge is -2.42. The Labute approximate surface area is 195 Å². The van der Waals surface area contributed by atoms with E-state index in [9.17, 15) is 15.2 Å². The summed E-state index contributed by atoms with van der Waals surface area (Å²) >= 11 is 0. The molecule has 1 saturated carbocycles. The fraction of sp³-hybridized carbons (Fsp3) is 0.615. The van der Waals surface area contributed by atoms with E-state index in [1.807, 2.05) is 17.0 Å². The summed E-state index contributed by atoms with van der Waals surface area (Å²) in [6, 6.07) is 8.23. The van der Waals surface area contributed by atoms with E-state index >= 15 is 0 Å². The minimum atomic E-state index is -0.740. The third kappa shape index (κ3) is 4.87. The molecule has 1 aliphatic carbocycles. The van der Waals surface area contributed by atoms with E-state index < -0.39 is 12.0 Å². The van der Waals surface area contributed by atoms with Gasteiger partial charge in [-0.3, -0.25) is 4.79 Å². The molecule has 2 aromatic rings. The number of nitrogens with zero attached hydrogens (tertiary/aromatic N) is 2. The third-order valence-corrected chi connectivity index (χ3v) is 7.49. The number of hydrogen-bond acceptors (Lipinski definition) is 6. The van der Waals surface area contributed by atoms with Gasteiger partial charge in [0.15, 0.2) is 6.19 Å². The number of unbranched alkanes of at least 4 members (excludes halogenated alkanes) is 1. The van der Waals surface area contributed by atoms with Crippen LogP contribution in [0.2, 0.25) is 0 Å². The van der Waals surface area contributed by atoms with Gasteiger partial charge in [0.1, 0.15) is 0 Å². The molecule has 0 radical (unpaired) electrons. The average molecular weight is 454 g/mol. The molecule has 1 unspecified atom stereocenters.